The number of carbonyl (C=O) groups is 3. The quantitative estimate of drug-likeness (QED) is 0.0195. The van der Waals surface area contributed by atoms with Crippen molar-refractivity contribution >= 4 is 17.9 Å². The van der Waals surface area contributed by atoms with Crippen molar-refractivity contribution in [2.45, 2.75) is 469 Å². The topological polar surface area (TPSA) is 111 Å². The number of hydrogen-bond acceptors (Lipinski definition) is 8. The number of hydrogen-bond donors (Lipinski definition) is 0. The molecule has 0 N–H and O–H groups in total. The lowest BCUT2D eigenvalue weighted by atomic mass is 10.0. The first-order valence-corrected chi connectivity index (χ1v) is 45.6. The van der Waals surface area contributed by atoms with Crippen LogP contribution in [0.15, 0.2) is 72.9 Å². The van der Waals surface area contributed by atoms with Crippen LogP contribution in [-0.4, -0.2) is 82.3 Å². The van der Waals surface area contributed by atoms with E-state index in [0.29, 0.717) is 17.4 Å². The predicted molar refractivity (Wildman–Crippen MR) is 449 cm³/mol. The van der Waals surface area contributed by atoms with Crippen LogP contribution in [0.3, 0.4) is 0 Å². The molecule has 0 aliphatic heterocycles. The van der Waals surface area contributed by atoms with Gasteiger partial charge in [0.25, 0.3) is 0 Å². The van der Waals surface area contributed by atoms with E-state index in [2.05, 4.69) is 86.8 Å². The fourth-order valence-electron chi connectivity index (χ4n) is 13.8. The summed E-state index contributed by atoms with van der Waals surface area (Å²) >= 11 is 0. The minimum atomic E-state index is -1.62. The molecule has 608 valence electrons. The van der Waals surface area contributed by atoms with Crippen molar-refractivity contribution in [2.24, 2.45) is 0 Å². The van der Waals surface area contributed by atoms with E-state index in [-0.39, 0.29) is 32.2 Å². The number of quaternary nitrogens is 1. The van der Waals surface area contributed by atoms with E-state index in [4.69, 9.17) is 18.9 Å². The number of aliphatic carboxylic acids is 1. The second kappa shape index (κ2) is 85.3. The molecular weight excluding hydrogens is 1280 g/mol. The van der Waals surface area contributed by atoms with Gasteiger partial charge in [-0.05, 0) is 64.2 Å². The molecule has 0 saturated carbocycles. The lowest BCUT2D eigenvalue weighted by Gasteiger charge is -2.26. The Kier molecular flexibility index (Phi) is 82.7. The van der Waals surface area contributed by atoms with Crippen LogP contribution in [-0.2, 0) is 33.3 Å². The molecule has 9 nitrogen and oxygen atoms in total. The van der Waals surface area contributed by atoms with Crippen LogP contribution < -0.4 is 5.11 Å². The van der Waals surface area contributed by atoms with Crippen molar-refractivity contribution < 1.29 is 42.9 Å². The van der Waals surface area contributed by atoms with Gasteiger partial charge in [-0.15, -0.1) is 0 Å². The molecule has 9 heteroatoms. The molecule has 2 atom stereocenters. The number of ether oxygens (including phenoxy) is 4. The molecule has 0 aliphatic carbocycles. The zero-order valence-corrected chi connectivity index (χ0v) is 69.9. The summed E-state index contributed by atoms with van der Waals surface area (Å²) < 4.78 is 22.9. The molecule has 0 aliphatic rings. The third kappa shape index (κ3) is 86.0. The van der Waals surface area contributed by atoms with Gasteiger partial charge in [0.2, 0.25) is 0 Å². The van der Waals surface area contributed by atoms with Gasteiger partial charge in [-0.25, -0.2) is 0 Å². The van der Waals surface area contributed by atoms with Crippen LogP contribution >= 0.6 is 0 Å². The van der Waals surface area contributed by atoms with E-state index in [0.717, 1.165) is 77.0 Å². The second-order valence-electron chi connectivity index (χ2n) is 32.2. The highest BCUT2D eigenvalue weighted by Crippen LogP contribution is 2.21. The number of esters is 2. The van der Waals surface area contributed by atoms with Gasteiger partial charge >= 0.3 is 11.9 Å². The number of carboxylic acid groups (broad SMARTS) is 1. The summed E-state index contributed by atoms with van der Waals surface area (Å²) in [6.07, 6.45) is 114. The first-order valence-electron chi connectivity index (χ1n) is 45.6. The molecule has 0 bridgehead atoms. The molecule has 0 heterocycles. The summed E-state index contributed by atoms with van der Waals surface area (Å²) in [6.45, 7) is 4.72. The van der Waals surface area contributed by atoms with E-state index in [1.165, 1.54) is 353 Å². The van der Waals surface area contributed by atoms with Gasteiger partial charge in [-0.3, -0.25) is 9.59 Å². The highest BCUT2D eigenvalue weighted by Gasteiger charge is 2.22. The van der Waals surface area contributed by atoms with Crippen molar-refractivity contribution in [1.82, 2.24) is 0 Å². The normalized spacial score (nSPS) is 12.9. The fraction of sp³-hybridized carbons (Fsp3) is 0.842. The fourth-order valence-corrected chi connectivity index (χ4v) is 13.8. The highest BCUT2D eigenvalue weighted by atomic mass is 16.7. The van der Waals surface area contributed by atoms with Crippen molar-refractivity contribution in [2.75, 3.05) is 47.5 Å². The summed E-state index contributed by atoms with van der Waals surface area (Å²) in [7, 11) is 5.96. The number of carbonyl (C=O) groups excluding carboxylic acids is 3. The Hall–Kier alpha value is -3.27. The maximum absolute atomic E-state index is 13.0. The Bertz CT molecular complexity index is 1950. The number of rotatable bonds is 86. The molecule has 2 unspecified atom stereocenters. The number of unbranched alkanes of at least 4 members (excludes halogenated alkanes) is 59. The van der Waals surface area contributed by atoms with E-state index >= 15 is 0 Å². The monoisotopic (exact) mass is 1460 g/mol. The van der Waals surface area contributed by atoms with Crippen LogP contribution in [0.2, 0.25) is 0 Å². The Balaban J connectivity index is 3.90. The summed E-state index contributed by atoms with van der Waals surface area (Å²) in [5.74, 6) is -2.25. The molecular formula is C95H175NO8. The molecule has 0 radical (unpaired) electrons. The van der Waals surface area contributed by atoms with Crippen LogP contribution in [0.25, 0.3) is 0 Å². The zero-order valence-electron chi connectivity index (χ0n) is 69.9. The minimum absolute atomic E-state index is 0.150. The van der Waals surface area contributed by atoms with Gasteiger partial charge in [0.05, 0.1) is 40.3 Å². The second-order valence-corrected chi connectivity index (χ2v) is 32.2. The standard InChI is InChI=1S/C95H175NO8/c1-6-8-10-12-14-16-18-20-22-24-26-28-30-32-34-36-38-40-42-44-46-47-48-50-52-54-56-58-60-62-64-66-68-70-72-74-76-78-80-82-84-86-93(98)104-91(90-103-95(94(99)100)101-88-87-96(3,4)5)89-102-92(97)85-83-81-79-77-75-73-71-69-67-65-63-61-59-57-55-53-51-49-45-43-41-39-37-35-33-31-29-27-25-23-21-19-17-15-13-11-9-7-2/h8,10,14,16,20,22,26,28,32,34,38,40,91,95H,6-7,9,11-13,15,17-19,21,23-25,27,29-31,33,35-37,39,41-90H2,1-5H3/b10-8-,16-14-,22-20-,28-26-,34-32-,40-38-. The smallest absolute Gasteiger partial charge is 0.306 e. The zero-order chi connectivity index (χ0) is 75.3. The van der Waals surface area contributed by atoms with Gasteiger partial charge in [0.1, 0.15) is 13.2 Å². The van der Waals surface area contributed by atoms with E-state index in [1.54, 1.807) is 0 Å². The highest BCUT2D eigenvalue weighted by molar-refractivity contribution is 5.70. The Morgan fingerprint density at radius 3 is 0.817 bits per heavy atom. The molecule has 0 amide bonds. The number of carboxylic acids is 1. The third-order valence-electron chi connectivity index (χ3n) is 20.7. The van der Waals surface area contributed by atoms with Gasteiger partial charge in [0.15, 0.2) is 12.4 Å². The summed E-state index contributed by atoms with van der Waals surface area (Å²) in [5.41, 5.74) is 0. The first-order chi connectivity index (χ1) is 51.1. The Morgan fingerprint density at radius 2 is 0.548 bits per heavy atom. The summed E-state index contributed by atoms with van der Waals surface area (Å²) in [4.78, 5) is 37.7. The van der Waals surface area contributed by atoms with Crippen LogP contribution in [0.1, 0.15) is 457 Å². The lowest BCUT2D eigenvalue weighted by Crippen LogP contribution is -2.44. The number of allylic oxidation sites excluding steroid dienone is 12. The minimum Gasteiger partial charge on any atom is -0.545 e. The Morgan fingerprint density at radius 1 is 0.298 bits per heavy atom. The lowest BCUT2D eigenvalue weighted by molar-refractivity contribution is -0.870. The van der Waals surface area contributed by atoms with E-state index in [1.807, 2.05) is 21.1 Å². The van der Waals surface area contributed by atoms with Gasteiger partial charge in [0, 0.05) is 12.8 Å². The van der Waals surface area contributed by atoms with Crippen molar-refractivity contribution in [3.63, 3.8) is 0 Å². The van der Waals surface area contributed by atoms with Crippen molar-refractivity contribution in [3.05, 3.63) is 72.9 Å². The molecule has 0 aromatic heterocycles. The largest absolute Gasteiger partial charge is 0.545 e. The van der Waals surface area contributed by atoms with E-state index < -0.39 is 24.3 Å². The van der Waals surface area contributed by atoms with Crippen molar-refractivity contribution in [3.8, 4) is 0 Å². The van der Waals surface area contributed by atoms with Crippen LogP contribution in [0.4, 0.5) is 0 Å². The average Bonchev–Trinajstić information content (AvgIpc) is 0.971. The van der Waals surface area contributed by atoms with Gasteiger partial charge < -0.3 is 33.3 Å². The maximum atomic E-state index is 13.0. The SMILES string of the molecule is CC/C=C\C/C=C\C/C=C\C/C=C\C/C=C\C/C=C\CCCCCCCCCCCCCCCCCCCCCCCCC(=O)OC(COC(=O)CCCCCCCCCCCCCCCCCCCCCCCCCCCCCCCCCCCCCCCC)COC(OCC[N+](C)(C)C)C(=O)[O-]. The molecule has 104 heavy (non-hydrogen) atoms. The van der Waals surface area contributed by atoms with Gasteiger partial charge in [-0.1, -0.05) is 453 Å². The van der Waals surface area contributed by atoms with Crippen LogP contribution in [0, 0.1) is 0 Å². The predicted octanol–water partition coefficient (Wildman–Crippen LogP) is 28.6. The number of likely N-dealkylation sites (N-methyl/N-ethyl adjacent to an activating group) is 1. The summed E-state index contributed by atoms with van der Waals surface area (Å²) in [6, 6.07) is 0. The molecule has 0 aromatic rings. The summed E-state index contributed by atoms with van der Waals surface area (Å²) in [5, 5.41) is 11.9. The van der Waals surface area contributed by atoms with Gasteiger partial charge in [-0.2, -0.15) is 0 Å². The Labute approximate surface area is 647 Å². The molecule has 0 rings (SSSR count). The molecule has 0 aromatic carbocycles. The van der Waals surface area contributed by atoms with E-state index in [9.17, 15) is 19.5 Å². The first kappa shape index (κ1) is 101. The average molecular weight is 1460 g/mol. The molecule has 0 fully saturated rings. The molecule has 0 saturated heterocycles. The van der Waals surface area contributed by atoms with Crippen molar-refractivity contribution in [1.29, 1.82) is 0 Å². The maximum Gasteiger partial charge on any atom is 0.306 e. The molecule has 0 spiro atoms. The van der Waals surface area contributed by atoms with Crippen LogP contribution in [0.5, 0.6) is 0 Å². The number of nitrogens with zero attached hydrogens (tertiary/aromatic N) is 1. The third-order valence-corrected chi connectivity index (χ3v) is 20.7.